The van der Waals surface area contributed by atoms with Crippen LogP contribution in [0.4, 0.5) is 5.69 Å². The summed E-state index contributed by atoms with van der Waals surface area (Å²) in [6, 6.07) is 8.79. The fraction of sp³-hybridized carbons (Fsp3) is 0.444. The summed E-state index contributed by atoms with van der Waals surface area (Å²) in [4.78, 5) is 0. The van der Waals surface area contributed by atoms with Crippen molar-refractivity contribution in [2.24, 2.45) is 0 Å². The SMILES string of the molecule is CC/C=C\C(=C/CC)Nc1ccc(C(C)CC)cc1. The molecule has 0 bridgehead atoms. The lowest BCUT2D eigenvalue weighted by atomic mass is 9.98. The van der Waals surface area contributed by atoms with Crippen LogP contribution in [0.2, 0.25) is 0 Å². The minimum Gasteiger partial charge on any atom is -0.356 e. The monoisotopic (exact) mass is 257 g/mol. The molecule has 1 nitrogen and oxygen atoms in total. The highest BCUT2D eigenvalue weighted by Gasteiger charge is 2.02. The van der Waals surface area contributed by atoms with Gasteiger partial charge in [0.25, 0.3) is 0 Å². The summed E-state index contributed by atoms with van der Waals surface area (Å²) < 4.78 is 0. The molecule has 0 aliphatic rings. The van der Waals surface area contributed by atoms with Crippen molar-refractivity contribution < 1.29 is 0 Å². The Bertz CT molecular complexity index is 412. The first-order valence-corrected chi connectivity index (χ1v) is 7.44. The number of anilines is 1. The minimum atomic E-state index is 0.639. The molecule has 0 radical (unpaired) electrons. The van der Waals surface area contributed by atoms with E-state index in [2.05, 4.69) is 75.5 Å². The van der Waals surface area contributed by atoms with Crippen LogP contribution in [0.5, 0.6) is 0 Å². The van der Waals surface area contributed by atoms with E-state index >= 15 is 0 Å². The van der Waals surface area contributed by atoms with Gasteiger partial charge in [0, 0.05) is 11.4 Å². The zero-order valence-corrected chi connectivity index (χ0v) is 12.7. The molecule has 1 atom stereocenters. The highest BCUT2D eigenvalue weighted by Crippen LogP contribution is 2.21. The Labute approximate surface area is 118 Å². The number of hydrogen-bond acceptors (Lipinski definition) is 1. The van der Waals surface area contributed by atoms with E-state index in [9.17, 15) is 0 Å². The Kier molecular flexibility index (Phi) is 7.02. The van der Waals surface area contributed by atoms with Crippen molar-refractivity contribution in [3.63, 3.8) is 0 Å². The van der Waals surface area contributed by atoms with Crippen LogP contribution in [0, 0.1) is 0 Å². The molecule has 19 heavy (non-hydrogen) atoms. The highest BCUT2D eigenvalue weighted by atomic mass is 14.9. The maximum atomic E-state index is 3.47. The zero-order valence-electron chi connectivity index (χ0n) is 12.7. The van der Waals surface area contributed by atoms with Crippen molar-refractivity contribution in [3.8, 4) is 0 Å². The van der Waals surface area contributed by atoms with Gasteiger partial charge in [0.1, 0.15) is 0 Å². The Morgan fingerprint density at radius 1 is 1.11 bits per heavy atom. The predicted octanol–water partition coefficient (Wildman–Crippen LogP) is 5.87. The van der Waals surface area contributed by atoms with Crippen molar-refractivity contribution in [2.45, 2.75) is 52.9 Å². The molecule has 0 saturated carbocycles. The highest BCUT2D eigenvalue weighted by molar-refractivity contribution is 5.51. The molecule has 1 unspecified atom stereocenters. The van der Waals surface area contributed by atoms with Crippen molar-refractivity contribution in [1.29, 1.82) is 0 Å². The fourth-order valence-electron chi connectivity index (χ4n) is 1.92. The molecular formula is C18H27N. The second-order valence-corrected chi connectivity index (χ2v) is 4.93. The second kappa shape index (κ2) is 8.58. The van der Waals surface area contributed by atoms with Crippen LogP contribution >= 0.6 is 0 Å². The smallest absolute Gasteiger partial charge is 0.0384 e. The first-order valence-electron chi connectivity index (χ1n) is 7.44. The predicted molar refractivity (Wildman–Crippen MR) is 86.6 cm³/mol. The Balaban J connectivity index is 2.75. The van der Waals surface area contributed by atoms with Gasteiger partial charge < -0.3 is 5.32 Å². The number of rotatable bonds is 7. The van der Waals surface area contributed by atoms with Crippen molar-refractivity contribution in [3.05, 3.63) is 53.8 Å². The van der Waals surface area contributed by atoms with Crippen LogP contribution in [-0.2, 0) is 0 Å². The van der Waals surface area contributed by atoms with Crippen molar-refractivity contribution in [1.82, 2.24) is 0 Å². The van der Waals surface area contributed by atoms with Gasteiger partial charge in [-0.25, -0.2) is 0 Å². The van der Waals surface area contributed by atoms with Crippen LogP contribution in [-0.4, -0.2) is 0 Å². The molecule has 0 saturated heterocycles. The summed E-state index contributed by atoms with van der Waals surface area (Å²) in [5.41, 5.74) is 3.76. The average molecular weight is 257 g/mol. The van der Waals surface area contributed by atoms with Gasteiger partial charge in [-0.1, -0.05) is 52.0 Å². The fourth-order valence-corrected chi connectivity index (χ4v) is 1.92. The van der Waals surface area contributed by atoms with Gasteiger partial charge in [0.05, 0.1) is 0 Å². The Morgan fingerprint density at radius 2 is 1.79 bits per heavy atom. The summed E-state index contributed by atoms with van der Waals surface area (Å²) in [5, 5.41) is 3.47. The minimum absolute atomic E-state index is 0.639. The second-order valence-electron chi connectivity index (χ2n) is 4.93. The van der Waals surface area contributed by atoms with Crippen molar-refractivity contribution in [2.75, 3.05) is 5.32 Å². The zero-order chi connectivity index (χ0) is 14.1. The molecule has 0 aromatic heterocycles. The molecule has 0 aliphatic heterocycles. The van der Waals surface area contributed by atoms with Crippen LogP contribution in [0.3, 0.4) is 0 Å². The van der Waals surface area contributed by atoms with E-state index in [0.717, 1.165) is 18.5 Å². The molecule has 0 aliphatic carbocycles. The van der Waals surface area contributed by atoms with Crippen LogP contribution in [0.15, 0.2) is 48.2 Å². The molecule has 104 valence electrons. The molecule has 0 amide bonds. The van der Waals surface area contributed by atoms with Gasteiger partial charge in [-0.05, 0) is 49.0 Å². The van der Waals surface area contributed by atoms with Gasteiger partial charge in [-0.15, -0.1) is 0 Å². The summed E-state index contributed by atoms with van der Waals surface area (Å²) in [7, 11) is 0. The average Bonchev–Trinajstić information content (AvgIpc) is 2.45. The van der Waals surface area contributed by atoms with E-state index in [0.29, 0.717) is 5.92 Å². The molecule has 1 heteroatoms. The lowest BCUT2D eigenvalue weighted by Crippen LogP contribution is -1.98. The Hall–Kier alpha value is -1.50. The summed E-state index contributed by atoms with van der Waals surface area (Å²) in [5.74, 6) is 0.639. The number of benzene rings is 1. The normalized spacial score (nSPS) is 13.8. The van der Waals surface area contributed by atoms with Gasteiger partial charge in [0.15, 0.2) is 0 Å². The van der Waals surface area contributed by atoms with E-state index in [4.69, 9.17) is 0 Å². The van der Waals surface area contributed by atoms with E-state index < -0.39 is 0 Å². The van der Waals surface area contributed by atoms with Crippen LogP contribution < -0.4 is 5.32 Å². The lowest BCUT2D eigenvalue weighted by molar-refractivity contribution is 0.734. The Morgan fingerprint density at radius 3 is 2.32 bits per heavy atom. The van der Waals surface area contributed by atoms with Gasteiger partial charge in [-0.2, -0.15) is 0 Å². The molecule has 1 aromatic rings. The first kappa shape index (κ1) is 15.6. The van der Waals surface area contributed by atoms with Crippen LogP contribution in [0.1, 0.15) is 58.4 Å². The molecule has 0 fully saturated rings. The van der Waals surface area contributed by atoms with E-state index in [1.54, 1.807) is 0 Å². The first-order chi connectivity index (χ1) is 9.21. The largest absolute Gasteiger partial charge is 0.356 e. The summed E-state index contributed by atoms with van der Waals surface area (Å²) >= 11 is 0. The number of hydrogen-bond donors (Lipinski definition) is 1. The third kappa shape index (κ3) is 5.34. The quantitative estimate of drug-likeness (QED) is 0.602. The maximum Gasteiger partial charge on any atom is 0.0384 e. The molecule has 0 spiro atoms. The standard InChI is InChI=1S/C18H27N/c1-5-8-10-17(9-6-2)19-18-13-11-16(12-14-18)15(4)7-3/h8-15,19H,5-7H2,1-4H3/b10-8-,17-9+. The number of nitrogens with one attached hydrogen (secondary N) is 1. The molecule has 0 heterocycles. The van der Waals surface area contributed by atoms with E-state index in [-0.39, 0.29) is 0 Å². The molecule has 1 aromatic carbocycles. The van der Waals surface area contributed by atoms with Gasteiger partial charge >= 0.3 is 0 Å². The summed E-state index contributed by atoms with van der Waals surface area (Å²) in [6.45, 7) is 8.82. The van der Waals surface area contributed by atoms with Gasteiger partial charge in [0.2, 0.25) is 0 Å². The lowest BCUT2D eigenvalue weighted by Gasteiger charge is -2.11. The summed E-state index contributed by atoms with van der Waals surface area (Å²) in [6.07, 6.45) is 9.85. The third-order valence-electron chi connectivity index (χ3n) is 3.34. The number of allylic oxidation sites excluding steroid dienone is 3. The van der Waals surface area contributed by atoms with Crippen molar-refractivity contribution >= 4 is 5.69 Å². The molecule has 1 N–H and O–H groups in total. The molecule has 1 rings (SSSR count). The van der Waals surface area contributed by atoms with Crippen LogP contribution in [0.25, 0.3) is 0 Å². The topological polar surface area (TPSA) is 12.0 Å². The molecular weight excluding hydrogens is 230 g/mol. The maximum absolute atomic E-state index is 3.47. The van der Waals surface area contributed by atoms with Gasteiger partial charge in [-0.3, -0.25) is 0 Å². The van der Waals surface area contributed by atoms with E-state index in [1.807, 2.05) is 0 Å². The third-order valence-corrected chi connectivity index (χ3v) is 3.34. The van der Waals surface area contributed by atoms with E-state index in [1.165, 1.54) is 17.7 Å².